The van der Waals surface area contributed by atoms with Crippen molar-refractivity contribution in [3.8, 4) is 0 Å². The zero-order valence-electron chi connectivity index (χ0n) is 11.3. The molecule has 98 valence electrons. The highest BCUT2D eigenvalue weighted by Gasteiger charge is 2.19. The molecule has 1 aromatic rings. The molecule has 1 atom stereocenters. The first-order valence-electron chi connectivity index (χ1n) is 6.07. The zero-order chi connectivity index (χ0) is 13.1. The summed E-state index contributed by atoms with van der Waals surface area (Å²) in [5.74, 6) is 1.17. The lowest BCUT2D eigenvalue weighted by Crippen LogP contribution is -2.19. The van der Waals surface area contributed by atoms with Gasteiger partial charge in [0.1, 0.15) is 5.82 Å². The summed E-state index contributed by atoms with van der Waals surface area (Å²) >= 11 is 1.38. The van der Waals surface area contributed by atoms with Gasteiger partial charge in [-0.15, -0.1) is 0 Å². The lowest BCUT2D eigenvalue weighted by Gasteiger charge is -2.14. The smallest absolute Gasteiger partial charge is 0.202 e. The summed E-state index contributed by atoms with van der Waals surface area (Å²) in [5.41, 5.74) is -0.00607. The van der Waals surface area contributed by atoms with Gasteiger partial charge in [0.25, 0.3) is 0 Å². The van der Waals surface area contributed by atoms with Crippen LogP contribution in [0.25, 0.3) is 0 Å². The Labute approximate surface area is 108 Å². The lowest BCUT2D eigenvalue weighted by molar-refractivity contribution is 0.120. The van der Waals surface area contributed by atoms with Crippen LogP contribution < -0.4 is 5.32 Å². The maximum absolute atomic E-state index is 9.67. The van der Waals surface area contributed by atoms with E-state index in [1.807, 2.05) is 13.8 Å². The summed E-state index contributed by atoms with van der Waals surface area (Å²) in [6, 6.07) is 0. The Morgan fingerprint density at radius 3 is 2.47 bits per heavy atom. The topological polar surface area (TPSA) is 58.0 Å². The van der Waals surface area contributed by atoms with Crippen molar-refractivity contribution >= 4 is 16.7 Å². The lowest BCUT2D eigenvalue weighted by atomic mass is 9.96. The van der Waals surface area contributed by atoms with Crippen LogP contribution in [0.1, 0.15) is 46.9 Å². The molecule has 0 aliphatic heterocycles. The Hall–Kier alpha value is -0.680. The summed E-state index contributed by atoms with van der Waals surface area (Å²) in [4.78, 5) is 4.44. The number of nitrogens with one attached hydrogen (secondary N) is 1. The minimum Gasteiger partial charge on any atom is -0.393 e. The second-order valence-corrected chi connectivity index (χ2v) is 6.45. The van der Waals surface area contributed by atoms with E-state index in [1.54, 1.807) is 0 Å². The van der Waals surface area contributed by atoms with Crippen LogP contribution in [0.15, 0.2) is 0 Å². The Morgan fingerprint density at radius 2 is 2.00 bits per heavy atom. The molecule has 2 N–H and O–H groups in total. The Bertz CT molecular complexity index is 344. The number of aliphatic hydroxyl groups is 1. The van der Waals surface area contributed by atoms with Crippen LogP contribution >= 0.6 is 11.5 Å². The molecule has 1 unspecified atom stereocenters. The molecule has 0 spiro atoms. The molecule has 0 amide bonds. The second kappa shape index (κ2) is 5.78. The number of aliphatic hydroxyl groups excluding tert-OH is 1. The van der Waals surface area contributed by atoms with Crippen molar-refractivity contribution in [2.24, 2.45) is 5.92 Å². The van der Waals surface area contributed by atoms with Gasteiger partial charge in [0, 0.05) is 23.5 Å². The molecule has 0 aliphatic carbocycles. The Balaban J connectivity index is 2.41. The Morgan fingerprint density at radius 1 is 1.35 bits per heavy atom. The second-order valence-electron chi connectivity index (χ2n) is 5.70. The van der Waals surface area contributed by atoms with Crippen molar-refractivity contribution in [3.63, 3.8) is 0 Å². The third-order valence-electron chi connectivity index (χ3n) is 2.58. The van der Waals surface area contributed by atoms with Gasteiger partial charge in [-0.2, -0.15) is 4.37 Å². The summed E-state index contributed by atoms with van der Waals surface area (Å²) < 4.78 is 4.33. The Kier molecular flexibility index (Phi) is 4.89. The SMILES string of the molecule is CC(C)C(O)CCNc1nc(C(C)(C)C)ns1. The highest BCUT2D eigenvalue weighted by Crippen LogP contribution is 2.22. The fraction of sp³-hybridized carbons (Fsp3) is 0.833. The molecule has 1 aromatic heterocycles. The molecule has 0 fully saturated rings. The number of anilines is 1. The fourth-order valence-electron chi connectivity index (χ4n) is 1.26. The number of nitrogens with zero attached hydrogens (tertiary/aromatic N) is 2. The molecule has 0 radical (unpaired) electrons. The molecule has 17 heavy (non-hydrogen) atoms. The number of rotatable bonds is 5. The normalized spacial score (nSPS) is 14.1. The van der Waals surface area contributed by atoms with Gasteiger partial charge in [0.15, 0.2) is 0 Å². The van der Waals surface area contributed by atoms with Crippen LogP contribution in [-0.4, -0.2) is 27.1 Å². The molecule has 0 saturated heterocycles. The van der Waals surface area contributed by atoms with E-state index in [0.717, 1.165) is 23.9 Å². The van der Waals surface area contributed by atoms with E-state index in [0.29, 0.717) is 5.92 Å². The molecular weight excluding hydrogens is 234 g/mol. The van der Waals surface area contributed by atoms with E-state index in [9.17, 15) is 5.11 Å². The van der Waals surface area contributed by atoms with E-state index >= 15 is 0 Å². The minimum atomic E-state index is -0.252. The first-order chi connectivity index (χ1) is 7.80. The predicted octanol–water partition coefficient (Wildman–Crippen LogP) is 2.65. The molecule has 0 bridgehead atoms. The number of hydrogen-bond acceptors (Lipinski definition) is 5. The van der Waals surface area contributed by atoms with Gasteiger partial charge in [-0.05, 0) is 12.3 Å². The van der Waals surface area contributed by atoms with Crippen LogP contribution in [0.4, 0.5) is 5.13 Å². The highest BCUT2D eigenvalue weighted by atomic mass is 32.1. The minimum absolute atomic E-state index is 0.00607. The van der Waals surface area contributed by atoms with Crippen LogP contribution in [0.5, 0.6) is 0 Å². The van der Waals surface area contributed by atoms with Gasteiger partial charge in [0.05, 0.1) is 6.10 Å². The third-order valence-corrected chi connectivity index (χ3v) is 3.26. The van der Waals surface area contributed by atoms with E-state index in [4.69, 9.17) is 0 Å². The van der Waals surface area contributed by atoms with Gasteiger partial charge in [-0.3, -0.25) is 0 Å². The highest BCUT2D eigenvalue weighted by molar-refractivity contribution is 7.09. The number of hydrogen-bond donors (Lipinski definition) is 2. The number of aromatic nitrogens is 2. The largest absolute Gasteiger partial charge is 0.393 e. The average Bonchev–Trinajstić information content (AvgIpc) is 2.65. The molecule has 5 heteroatoms. The van der Waals surface area contributed by atoms with Crippen molar-refractivity contribution in [1.29, 1.82) is 0 Å². The molecule has 0 aliphatic rings. The molecule has 4 nitrogen and oxygen atoms in total. The summed E-state index contributed by atoms with van der Waals surface area (Å²) in [7, 11) is 0. The predicted molar refractivity (Wildman–Crippen MR) is 72.6 cm³/mol. The average molecular weight is 257 g/mol. The van der Waals surface area contributed by atoms with Gasteiger partial charge in [-0.1, -0.05) is 34.6 Å². The van der Waals surface area contributed by atoms with Crippen LogP contribution in [-0.2, 0) is 5.41 Å². The van der Waals surface area contributed by atoms with Crippen molar-refractivity contribution in [3.05, 3.63) is 5.82 Å². The molecule has 0 aromatic carbocycles. The fourth-order valence-corrected chi connectivity index (χ4v) is 2.04. The van der Waals surface area contributed by atoms with E-state index < -0.39 is 0 Å². The first kappa shape index (κ1) is 14.4. The zero-order valence-corrected chi connectivity index (χ0v) is 12.1. The standard InChI is InChI=1S/C12H23N3OS/c1-8(2)9(16)6-7-13-11-14-10(15-17-11)12(3,4)5/h8-9,16H,6-7H2,1-5H3,(H,13,14,15). The molecule has 1 rings (SSSR count). The quantitative estimate of drug-likeness (QED) is 0.851. The molecular formula is C12H23N3OS. The van der Waals surface area contributed by atoms with Crippen molar-refractivity contribution in [1.82, 2.24) is 9.36 Å². The van der Waals surface area contributed by atoms with Gasteiger partial charge >= 0.3 is 0 Å². The van der Waals surface area contributed by atoms with Crippen molar-refractivity contribution < 1.29 is 5.11 Å². The van der Waals surface area contributed by atoms with E-state index in [-0.39, 0.29) is 11.5 Å². The summed E-state index contributed by atoms with van der Waals surface area (Å²) in [5, 5.41) is 13.7. The van der Waals surface area contributed by atoms with Gasteiger partial charge < -0.3 is 10.4 Å². The van der Waals surface area contributed by atoms with Gasteiger partial charge in [0.2, 0.25) is 5.13 Å². The van der Waals surface area contributed by atoms with Crippen LogP contribution in [0.2, 0.25) is 0 Å². The van der Waals surface area contributed by atoms with Crippen LogP contribution in [0.3, 0.4) is 0 Å². The van der Waals surface area contributed by atoms with E-state index in [2.05, 4.69) is 35.4 Å². The van der Waals surface area contributed by atoms with Gasteiger partial charge in [-0.25, -0.2) is 4.98 Å². The maximum atomic E-state index is 9.67. The third kappa shape index (κ3) is 4.60. The van der Waals surface area contributed by atoms with Crippen molar-refractivity contribution in [2.45, 2.75) is 52.6 Å². The monoisotopic (exact) mass is 257 g/mol. The summed E-state index contributed by atoms with van der Waals surface area (Å²) in [6.45, 7) is 11.1. The van der Waals surface area contributed by atoms with Crippen molar-refractivity contribution in [2.75, 3.05) is 11.9 Å². The molecule has 1 heterocycles. The first-order valence-corrected chi connectivity index (χ1v) is 6.84. The maximum Gasteiger partial charge on any atom is 0.202 e. The molecule has 0 saturated carbocycles. The van der Waals surface area contributed by atoms with Crippen LogP contribution in [0, 0.1) is 5.92 Å². The summed E-state index contributed by atoms with van der Waals surface area (Å²) in [6.07, 6.45) is 0.486. The van der Waals surface area contributed by atoms with E-state index in [1.165, 1.54) is 11.5 Å².